The molecule has 1 aliphatic carbocycles. The lowest BCUT2D eigenvalue weighted by Gasteiger charge is -2.34. The first-order valence-electron chi connectivity index (χ1n) is 5.61. The molecule has 3 N–H and O–H groups in total. The van der Waals surface area contributed by atoms with Crippen LogP contribution in [0.2, 0.25) is 0 Å². The van der Waals surface area contributed by atoms with E-state index in [1.165, 1.54) is 0 Å². The van der Waals surface area contributed by atoms with Gasteiger partial charge in [0.2, 0.25) is 0 Å². The van der Waals surface area contributed by atoms with E-state index in [1.54, 1.807) is 7.11 Å². The van der Waals surface area contributed by atoms with Gasteiger partial charge in [-0.05, 0) is 32.1 Å². The van der Waals surface area contributed by atoms with Gasteiger partial charge in [0.25, 0.3) is 5.91 Å². The van der Waals surface area contributed by atoms with Crippen LogP contribution in [0.25, 0.3) is 0 Å². The molecule has 0 saturated heterocycles. The second kappa shape index (κ2) is 4.94. The van der Waals surface area contributed by atoms with E-state index < -0.39 is 5.60 Å². The van der Waals surface area contributed by atoms with E-state index >= 15 is 0 Å². The first-order valence-corrected chi connectivity index (χ1v) is 5.61. The van der Waals surface area contributed by atoms with Gasteiger partial charge in [-0.1, -0.05) is 6.92 Å². The summed E-state index contributed by atoms with van der Waals surface area (Å²) in [7, 11) is 1.57. The SMILES string of the molecule is CCC(C)(OC)C(=O)NCC1CC(N)C1. The van der Waals surface area contributed by atoms with Gasteiger partial charge < -0.3 is 15.8 Å². The molecule has 0 aliphatic heterocycles. The van der Waals surface area contributed by atoms with Crippen molar-refractivity contribution in [2.75, 3.05) is 13.7 Å². The van der Waals surface area contributed by atoms with E-state index in [0.717, 1.165) is 19.4 Å². The quantitative estimate of drug-likeness (QED) is 0.706. The van der Waals surface area contributed by atoms with E-state index in [4.69, 9.17) is 10.5 Å². The maximum absolute atomic E-state index is 11.8. The predicted octanol–water partition coefficient (Wildman–Crippen LogP) is 0.655. The normalized spacial score (nSPS) is 29.1. The number of nitrogens with two attached hydrogens (primary N) is 1. The van der Waals surface area contributed by atoms with Gasteiger partial charge in [0.05, 0.1) is 0 Å². The van der Waals surface area contributed by atoms with Crippen molar-refractivity contribution in [3.8, 4) is 0 Å². The number of rotatable bonds is 5. The van der Waals surface area contributed by atoms with Gasteiger partial charge in [-0.15, -0.1) is 0 Å². The van der Waals surface area contributed by atoms with Gasteiger partial charge in [-0.25, -0.2) is 0 Å². The largest absolute Gasteiger partial charge is 0.369 e. The Balaban J connectivity index is 2.29. The van der Waals surface area contributed by atoms with Crippen LogP contribution in [-0.2, 0) is 9.53 Å². The van der Waals surface area contributed by atoms with Crippen molar-refractivity contribution in [1.29, 1.82) is 0 Å². The molecule has 4 heteroatoms. The fourth-order valence-corrected chi connectivity index (χ4v) is 1.78. The van der Waals surface area contributed by atoms with Crippen molar-refractivity contribution >= 4 is 5.91 Å². The third-order valence-electron chi connectivity index (χ3n) is 3.43. The molecule has 0 aromatic heterocycles. The first kappa shape index (κ1) is 12.5. The highest BCUT2D eigenvalue weighted by atomic mass is 16.5. The van der Waals surface area contributed by atoms with Crippen molar-refractivity contribution in [1.82, 2.24) is 5.32 Å². The Labute approximate surface area is 91.5 Å². The zero-order chi connectivity index (χ0) is 11.5. The van der Waals surface area contributed by atoms with Gasteiger partial charge in [0, 0.05) is 19.7 Å². The van der Waals surface area contributed by atoms with E-state index in [9.17, 15) is 4.79 Å². The van der Waals surface area contributed by atoms with Crippen LogP contribution in [0.3, 0.4) is 0 Å². The van der Waals surface area contributed by atoms with Crippen molar-refractivity contribution < 1.29 is 9.53 Å². The molecule has 0 heterocycles. The molecule has 0 spiro atoms. The molecule has 1 amide bonds. The third kappa shape index (κ3) is 2.92. The van der Waals surface area contributed by atoms with Crippen LogP contribution in [0.5, 0.6) is 0 Å². The van der Waals surface area contributed by atoms with Gasteiger partial charge in [0.15, 0.2) is 0 Å². The highest BCUT2D eigenvalue weighted by Gasteiger charge is 2.32. The molecule has 0 aromatic rings. The number of hydrogen-bond acceptors (Lipinski definition) is 3. The lowest BCUT2D eigenvalue weighted by atomic mass is 9.81. The smallest absolute Gasteiger partial charge is 0.251 e. The van der Waals surface area contributed by atoms with Gasteiger partial charge in [-0.2, -0.15) is 0 Å². The molecule has 15 heavy (non-hydrogen) atoms. The number of nitrogens with one attached hydrogen (secondary N) is 1. The topological polar surface area (TPSA) is 64.3 Å². The van der Waals surface area contributed by atoms with E-state index in [2.05, 4.69) is 5.32 Å². The molecule has 0 bridgehead atoms. The molecule has 1 unspecified atom stereocenters. The summed E-state index contributed by atoms with van der Waals surface area (Å²) in [6, 6.07) is 0.340. The van der Waals surface area contributed by atoms with Crippen LogP contribution in [0.1, 0.15) is 33.1 Å². The number of carbonyl (C=O) groups is 1. The molecule has 0 radical (unpaired) electrons. The Hall–Kier alpha value is -0.610. The molecule has 1 fully saturated rings. The number of hydrogen-bond donors (Lipinski definition) is 2. The fraction of sp³-hybridized carbons (Fsp3) is 0.909. The van der Waals surface area contributed by atoms with E-state index in [0.29, 0.717) is 18.4 Å². The molecule has 4 nitrogen and oxygen atoms in total. The maximum Gasteiger partial charge on any atom is 0.251 e. The molecule has 1 saturated carbocycles. The lowest BCUT2D eigenvalue weighted by Crippen LogP contribution is -2.49. The molecular weight excluding hydrogens is 192 g/mol. The van der Waals surface area contributed by atoms with Crippen LogP contribution in [0, 0.1) is 5.92 Å². The van der Waals surface area contributed by atoms with Crippen molar-refractivity contribution in [2.45, 2.75) is 44.8 Å². The van der Waals surface area contributed by atoms with Crippen LogP contribution in [0.15, 0.2) is 0 Å². The average molecular weight is 214 g/mol. The summed E-state index contributed by atoms with van der Waals surface area (Å²) in [5, 5.41) is 2.93. The Kier molecular flexibility index (Phi) is 4.11. The summed E-state index contributed by atoms with van der Waals surface area (Å²) in [5.74, 6) is 0.537. The van der Waals surface area contributed by atoms with E-state index in [1.807, 2.05) is 13.8 Å². The summed E-state index contributed by atoms with van der Waals surface area (Å²) in [4.78, 5) is 11.8. The minimum atomic E-state index is -0.689. The molecule has 1 atom stereocenters. The number of carbonyl (C=O) groups excluding carboxylic acids is 1. The summed E-state index contributed by atoms with van der Waals surface area (Å²) >= 11 is 0. The summed E-state index contributed by atoms with van der Waals surface area (Å²) in [6.45, 7) is 4.49. The number of amides is 1. The Morgan fingerprint density at radius 3 is 2.60 bits per heavy atom. The van der Waals surface area contributed by atoms with E-state index in [-0.39, 0.29) is 5.91 Å². The molecular formula is C11H22N2O2. The fourth-order valence-electron chi connectivity index (χ4n) is 1.78. The van der Waals surface area contributed by atoms with Crippen molar-refractivity contribution in [2.24, 2.45) is 11.7 Å². The second-order valence-corrected chi connectivity index (χ2v) is 4.60. The monoisotopic (exact) mass is 214 g/mol. The molecule has 1 aliphatic rings. The minimum absolute atomic E-state index is 0.0204. The van der Waals surface area contributed by atoms with Crippen molar-refractivity contribution in [3.05, 3.63) is 0 Å². The number of ether oxygens (including phenoxy) is 1. The Morgan fingerprint density at radius 2 is 2.20 bits per heavy atom. The van der Waals surface area contributed by atoms with Crippen LogP contribution < -0.4 is 11.1 Å². The summed E-state index contributed by atoms with van der Waals surface area (Å²) in [6.07, 6.45) is 2.73. The minimum Gasteiger partial charge on any atom is -0.369 e. The standard InChI is InChI=1S/C11H22N2O2/c1-4-11(2,15-3)10(14)13-7-8-5-9(12)6-8/h8-9H,4-7,12H2,1-3H3,(H,13,14). The number of methoxy groups -OCH3 is 1. The molecule has 0 aromatic carbocycles. The summed E-state index contributed by atoms with van der Waals surface area (Å²) in [5.41, 5.74) is 4.99. The van der Waals surface area contributed by atoms with Crippen LogP contribution in [-0.4, -0.2) is 31.2 Å². The predicted molar refractivity (Wildman–Crippen MR) is 59.4 cm³/mol. The van der Waals surface area contributed by atoms with Gasteiger partial charge in [-0.3, -0.25) is 4.79 Å². The van der Waals surface area contributed by atoms with Gasteiger partial charge >= 0.3 is 0 Å². The highest BCUT2D eigenvalue weighted by Crippen LogP contribution is 2.24. The van der Waals surface area contributed by atoms with Gasteiger partial charge in [0.1, 0.15) is 5.60 Å². The lowest BCUT2D eigenvalue weighted by molar-refractivity contribution is -0.142. The van der Waals surface area contributed by atoms with Crippen LogP contribution in [0.4, 0.5) is 0 Å². The zero-order valence-electron chi connectivity index (χ0n) is 9.88. The van der Waals surface area contributed by atoms with Crippen molar-refractivity contribution in [3.63, 3.8) is 0 Å². The second-order valence-electron chi connectivity index (χ2n) is 4.60. The Bertz CT molecular complexity index is 221. The molecule has 88 valence electrons. The maximum atomic E-state index is 11.8. The summed E-state index contributed by atoms with van der Waals surface area (Å²) < 4.78 is 5.22. The zero-order valence-corrected chi connectivity index (χ0v) is 9.88. The Morgan fingerprint density at radius 1 is 1.60 bits per heavy atom. The molecule has 1 rings (SSSR count). The van der Waals surface area contributed by atoms with Crippen LogP contribution >= 0.6 is 0 Å². The first-order chi connectivity index (χ1) is 7.01. The highest BCUT2D eigenvalue weighted by molar-refractivity contribution is 5.84. The average Bonchev–Trinajstić information content (AvgIpc) is 2.21. The third-order valence-corrected chi connectivity index (χ3v) is 3.43.